The van der Waals surface area contributed by atoms with Crippen LogP contribution in [0.25, 0.3) is 22.2 Å². The monoisotopic (exact) mass is 535 g/mol. The number of amides is 2. The number of aromatic amines is 1. The van der Waals surface area contributed by atoms with Crippen LogP contribution in [0.15, 0.2) is 36.5 Å². The first kappa shape index (κ1) is 28.5. The molecule has 1 unspecified atom stereocenters. The summed E-state index contributed by atoms with van der Waals surface area (Å²) in [7, 11) is 5.40. The number of ether oxygens (including phenoxy) is 1. The van der Waals surface area contributed by atoms with Crippen LogP contribution in [0.2, 0.25) is 0 Å². The number of carbonyl (C=O) groups is 2. The lowest BCUT2D eigenvalue weighted by molar-refractivity contribution is -0.122. The van der Waals surface area contributed by atoms with Crippen molar-refractivity contribution in [1.29, 1.82) is 0 Å². The molecule has 10 nitrogen and oxygen atoms in total. The molecule has 39 heavy (non-hydrogen) atoms. The number of nitrogens with one attached hydrogen (secondary N) is 3. The van der Waals surface area contributed by atoms with Gasteiger partial charge in [-0.2, -0.15) is 0 Å². The lowest BCUT2D eigenvalue weighted by Gasteiger charge is -2.32. The number of rotatable bonds is 13. The van der Waals surface area contributed by atoms with Crippen LogP contribution in [0.1, 0.15) is 50.4 Å². The van der Waals surface area contributed by atoms with Gasteiger partial charge in [-0.05, 0) is 32.0 Å². The molecule has 210 valence electrons. The number of pyridine rings is 1. The van der Waals surface area contributed by atoms with Crippen LogP contribution in [0, 0.1) is 0 Å². The van der Waals surface area contributed by atoms with E-state index >= 15 is 0 Å². The largest absolute Gasteiger partial charge is 0.480 e. The fourth-order valence-electron chi connectivity index (χ4n) is 4.91. The van der Waals surface area contributed by atoms with Crippen LogP contribution in [0.4, 0.5) is 0 Å². The molecule has 1 aliphatic rings. The average Bonchev–Trinajstić information content (AvgIpc) is 3.45. The van der Waals surface area contributed by atoms with E-state index in [1.54, 1.807) is 20.4 Å². The highest BCUT2D eigenvalue weighted by molar-refractivity contribution is 5.85. The minimum atomic E-state index is -0.252. The molecule has 2 aromatic heterocycles. The number of carbonyl (C=O) groups excluding carboxylic acids is 2. The number of methoxy groups -OCH3 is 1. The van der Waals surface area contributed by atoms with E-state index in [2.05, 4.69) is 42.4 Å². The van der Waals surface area contributed by atoms with E-state index in [0.29, 0.717) is 24.5 Å². The molecule has 0 aliphatic carbocycles. The lowest BCUT2D eigenvalue weighted by atomic mass is 10.1. The van der Waals surface area contributed by atoms with Crippen molar-refractivity contribution in [2.45, 2.75) is 44.6 Å². The summed E-state index contributed by atoms with van der Waals surface area (Å²) < 4.78 is 5.59. The van der Waals surface area contributed by atoms with Gasteiger partial charge in [0, 0.05) is 58.0 Å². The number of fused-ring (bicyclic) bond motifs is 1. The van der Waals surface area contributed by atoms with Gasteiger partial charge in [0.05, 0.1) is 36.1 Å². The van der Waals surface area contributed by atoms with Crippen molar-refractivity contribution in [2.75, 3.05) is 53.9 Å². The van der Waals surface area contributed by atoms with Gasteiger partial charge in [-0.1, -0.05) is 31.0 Å². The summed E-state index contributed by atoms with van der Waals surface area (Å²) in [6.45, 7) is 4.79. The zero-order valence-corrected chi connectivity index (χ0v) is 23.3. The topological polar surface area (TPSA) is 115 Å². The standard InChI is InChI=1S/C29H41N7O3/c1-30-26(37)12-6-4-5-11-24(32-27(38)13-14-36-17-15-35(2)16-18-36)28-31-20-25(33-28)22-19-21-9-7-8-10-23(21)34-29(22)39-3/h7-10,19-20,24H,4-6,11-18H2,1-3H3,(H,30,37)(H,31,33)(H,32,38). The summed E-state index contributed by atoms with van der Waals surface area (Å²) in [6, 6.07) is 9.70. The molecule has 2 amide bonds. The molecule has 3 heterocycles. The number of nitrogens with zero attached hydrogens (tertiary/aromatic N) is 4. The van der Waals surface area contributed by atoms with Gasteiger partial charge in [0.25, 0.3) is 0 Å². The molecular formula is C29H41N7O3. The normalized spacial score (nSPS) is 15.3. The number of aromatic nitrogens is 3. The molecule has 4 rings (SSSR count). The molecule has 1 fully saturated rings. The van der Waals surface area contributed by atoms with Gasteiger partial charge >= 0.3 is 0 Å². The second kappa shape index (κ2) is 14.0. The van der Waals surface area contributed by atoms with Gasteiger partial charge in [-0.25, -0.2) is 9.97 Å². The first-order valence-electron chi connectivity index (χ1n) is 13.9. The number of unbranched alkanes of at least 4 members (excludes halogenated alkanes) is 2. The molecule has 1 atom stereocenters. The van der Waals surface area contributed by atoms with Crippen molar-refractivity contribution in [2.24, 2.45) is 0 Å². The highest BCUT2D eigenvalue weighted by Crippen LogP contribution is 2.31. The number of imidazole rings is 1. The van der Waals surface area contributed by atoms with Crippen LogP contribution in [0.3, 0.4) is 0 Å². The fourth-order valence-corrected chi connectivity index (χ4v) is 4.91. The van der Waals surface area contributed by atoms with Crippen molar-refractivity contribution >= 4 is 22.7 Å². The van der Waals surface area contributed by atoms with Gasteiger partial charge in [0.2, 0.25) is 17.7 Å². The Kier molecular flexibility index (Phi) is 10.3. The molecule has 0 spiro atoms. The fraction of sp³-hybridized carbons (Fsp3) is 0.517. The minimum absolute atomic E-state index is 0.0205. The van der Waals surface area contributed by atoms with Gasteiger partial charge in [-0.15, -0.1) is 0 Å². The van der Waals surface area contributed by atoms with Crippen molar-refractivity contribution < 1.29 is 14.3 Å². The molecule has 0 saturated carbocycles. The predicted molar refractivity (Wildman–Crippen MR) is 152 cm³/mol. The Morgan fingerprint density at radius 2 is 1.87 bits per heavy atom. The van der Waals surface area contributed by atoms with Gasteiger partial charge in [0.15, 0.2) is 0 Å². The lowest BCUT2D eigenvalue weighted by Crippen LogP contribution is -2.45. The second-order valence-electron chi connectivity index (χ2n) is 10.2. The zero-order valence-electron chi connectivity index (χ0n) is 23.3. The van der Waals surface area contributed by atoms with Crippen LogP contribution in [-0.4, -0.2) is 90.5 Å². The summed E-state index contributed by atoms with van der Waals surface area (Å²) >= 11 is 0. The Labute approximate surface area is 230 Å². The van der Waals surface area contributed by atoms with E-state index in [-0.39, 0.29) is 17.9 Å². The Morgan fingerprint density at radius 1 is 1.08 bits per heavy atom. The highest BCUT2D eigenvalue weighted by atomic mass is 16.5. The smallest absolute Gasteiger partial charge is 0.223 e. The Bertz CT molecular complexity index is 1240. The van der Waals surface area contributed by atoms with Gasteiger partial charge < -0.3 is 30.2 Å². The molecule has 3 aromatic rings. The molecule has 1 saturated heterocycles. The molecular weight excluding hydrogens is 494 g/mol. The first-order valence-corrected chi connectivity index (χ1v) is 13.9. The number of likely N-dealkylation sites (N-methyl/N-ethyl adjacent to an activating group) is 1. The molecule has 1 aliphatic heterocycles. The summed E-state index contributed by atoms with van der Waals surface area (Å²) in [5.74, 6) is 1.30. The third-order valence-corrected chi connectivity index (χ3v) is 7.36. The summed E-state index contributed by atoms with van der Waals surface area (Å²) in [5, 5.41) is 6.89. The van der Waals surface area contributed by atoms with Crippen molar-refractivity contribution in [3.63, 3.8) is 0 Å². The van der Waals surface area contributed by atoms with E-state index in [1.807, 2.05) is 30.3 Å². The third-order valence-electron chi connectivity index (χ3n) is 7.36. The van der Waals surface area contributed by atoms with Crippen LogP contribution < -0.4 is 15.4 Å². The second-order valence-corrected chi connectivity index (χ2v) is 10.2. The Balaban J connectivity index is 1.45. The number of piperazine rings is 1. The van der Waals surface area contributed by atoms with Crippen molar-refractivity contribution in [3.8, 4) is 17.1 Å². The molecule has 3 N–H and O–H groups in total. The van der Waals surface area contributed by atoms with E-state index in [0.717, 1.165) is 80.6 Å². The van der Waals surface area contributed by atoms with E-state index < -0.39 is 0 Å². The number of hydrogen-bond donors (Lipinski definition) is 3. The van der Waals surface area contributed by atoms with Gasteiger partial charge in [0.1, 0.15) is 5.82 Å². The summed E-state index contributed by atoms with van der Waals surface area (Å²) in [5.41, 5.74) is 2.47. The maximum atomic E-state index is 13.0. The number of para-hydroxylation sites is 1. The SMILES string of the molecule is CNC(=O)CCCCCC(NC(=O)CCN1CCN(C)CC1)c1ncc(-c2cc3ccccc3nc2OC)[nH]1. The Morgan fingerprint density at radius 3 is 2.64 bits per heavy atom. The zero-order chi connectivity index (χ0) is 27.6. The molecule has 10 heteroatoms. The Hall–Kier alpha value is -3.50. The highest BCUT2D eigenvalue weighted by Gasteiger charge is 2.21. The molecule has 0 radical (unpaired) electrons. The molecule has 1 aromatic carbocycles. The summed E-state index contributed by atoms with van der Waals surface area (Å²) in [6.07, 6.45) is 6.05. The number of benzene rings is 1. The van der Waals surface area contributed by atoms with Crippen LogP contribution in [0.5, 0.6) is 5.88 Å². The van der Waals surface area contributed by atoms with Crippen LogP contribution >= 0.6 is 0 Å². The minimum Gasteiger partial charge on any atom is -0.480 e. The van der Waals surface area contributed by atoms with E-state index in [4.69, 9.17) is 4.74 Å². The maximum absolute atomic E-state index is 13.0. The van der Waals surface area contributed by atoms with E-state index in [9.17, 15) is 9.59 Å². The number of hydrogen-bond acceptors (Lipinski definition) is 7. The third kappa shape index (κ3) is 8.00. The number of H-pyrrole nitrogens is 1. The molecule has 0 bridgehead atoms. The van der Waals surface area contributed by atoms with Crippen molar-refractivity contribution in [3.05, 3.63) is 42.4 Å². The summed E-state index contributed by atoms with van der Waals surface area (Å²) in [4.78, 5) is 42.0. The van der Waals surface area contributed by atoms with Crippen molar-refractivity contribution in [1.82, 2.24) is 35.4 Å². The van der Waals surface area contributed by atoms with E-state index in [1.165, 1.54) is 0 Å². The maximum Gasteiger partial charge on any atom is 0.223 e. The quantitative estimate of drug-likeness (QED) is 0.288. The van der Waals surface area contributed by atoms with Gasteiger partial charge in [-0.3, -0.25) is 9.59 Å². The average molecular weight is 536 g/mol. The predicted octanol–water partition coefficient (Wildman–Crippen LogP) is 3.12. The first-order chi connectivity index (χ1) is 19.0. The van der Waals surface area contributed by atoms with Crippen LogP contribution in [-0.2, 0) is 9.59 Å².